The number of nitrogens with zero attached hydrogens (tertiary/aromatic N) is 1. The lowest BCUT2D eigenvalue weighted by Gasteiger charge is -2.40. The van der Waals surface area contributed by atoms with E-state index in [1.54, 1.807) is 50.0 Å². The van der Waals surface area contributed by atoms with Gasteiger partial charge in [-0.25, -0.2) is 0 Å². The van der Waals surface area contributed by atoms with Gasteiger partial charge in [0, 0.05) is 6.20 Å². The number of pyridine rings is 1. The van der Waals surface area contributed by atoms with Crippen LogP contribution in [0, 0.1) is 0 Å². The lowest BCUT2D eigenvalue weighted by molar-refractivity contribution is -0.242. The van der Waals surface area contributed by atoms with Crippen LogP contribution < -0.4 is 0 Å². The number of hydrogen-bond donors (Lipinski definition) is 0. The Morgan fingerprint density at radius 3 is 1.95 bits per heavy atom. The fraction of sp³-hybridized carbons (Fsp3) is 0.312. The van der Waals surface area contributed by atoms with E-state index in [2.05, 4.69) is 4.98 Å². The van der Waals surface area contributed by atoms with E-state index in [1.807, 2.05) is 0 Å². The highest BCUT2D eigenvalue weighted by Crippen LogP contribution is 2.48. The maximum atomic E-state index is 14.1. The Balaban J connectivity index is 2.76. The van der Waals surface area contributed by atoms with Crippen LogP contribution in [0.2, 0.25) is 19.6 Å². The average molecular weight is 325 g/mol. The summed E-state index contributed by atoms with van der Waals surface area (Å²) < 4.78 is 48.1. The van der Waals surface area contributed by atoms with Crippen molar-refractivity contribution in [3.05, 3.63) is 66.0 Å². The topological polar surface area (TPSA) is 22.1 Å². The second-order valence-electron chi connectivity index (χ2n) is 5.97. The Bertz CT molecular complexity index is 569. The molecule has 6 heteroatoms. The number of alkyl halides is 3. The van der Waals surface area contributed by atoms with Gasteiger partial charge in [0.05, 0.1) is 5.69 Å². The van der Waals surface area contributed by atoms with Crippen molar-refractivity contribution in [2.45, 2.75) is 31.4 Å². The lowest BCUT2D eigenvalue weighted by atomic mass is 9.89. The third-order valence-electron chi connectivity index (χ3n) is 3.06. The van der Waals surface area contributed by atoms with Gasteiger partial charge in [0.2, 0.25) is 5.60 Å². The molecule has 2 nitrogen and oxygen atoms in total. The Labute approximate surface area is 129 Å². The van der Waals surface area contributed by atoms with Gasteiger partial charge in [0.15, 0.2) is 8.32 Å². The van der Waals surface area contributed by atoms with E-state index in [0.717, 1.165) is 0 Å². The summed E-state index contributed by atoms with van der Waals surface area (Å²) in [5.41, 5.74) is -2.64. The molecule has 0 aliphatic heterocycles. The molecule has 0 spiro atoms. The van der Waals surface area contributed by atoms with Crippen LogP contribution >= 0.6 is 0 Å². The molecule has 0 aliphatic carbocycles. The van der Waals surface area contributed by atoms with Crippen LogP contribution in [0.1, 0.15) is 11.3 Å². The molecule has 0 saturated heterocycles. The third kappa shape index (κ3) is 3.23. The molecule has 0 N–H and O–H groups in total. The minimum atomic E-state index is -4.62. The summed E-state index contributed by atoms with van der Waals surface area (Å²) in [6, 6.07) is 12.2. The summed E-state index contributed by atoms with van der Waals surface area (Å²) in [5.74, 6) is 0. The number of halogens is 3. The minimum absolute atomic E-state index is 0.0450. The molecule has 0 bridgehead atoms. The maximum absolute atomic E-state index is 14.1. The molecule has 22 heavy (non-hydrogen) atoms. The van der Waals surface area contributed by atoms with Gasteiger partial charge in [-0.15, -0.1) is 0 Å². The Hall–Kier alpha value is -1.66. The zero-order valence-electron chi connectivity index (χ0n) is 12.7. The van der Waals surface area contributed by atoms with Crippen molar-refractivity contribution in [3.8, 4) is 0 Å². The normalized spacial score (nSPS) is 15.4. The second-order valence-corrected chi connectivity index (χ2v) is 10.4. The van der Waals surface area contributed by atoms with Crippen LogP contribution in [0.4, 0.5) is 13.2 Å². The van der Waals surface area contributed by atoms with Crippen molar-refractivity contribution in [2.75, 3.05) is 0 Å². The van der Waals surface area contributed by atoms with Gasteiger partial charge in [-0.1, -0.05) is 36.4 Å². The van der Waals surface area contributed by atoms with Crippen molar-refractivity contribution in [1.29, 1.82) is 0 Å². The summed E-state index contributed by atoms with van der Waals surface area (Å²) in [6.07, 6.45) is -3.27. The summed E-state index contributed by atoms with van der Waals surface area (Å²) in [6.45, 7) is 5.21. The zero-order valence-corrected chi connectivity index (χ0v) is 13.7. The van der Waals surface area contributed by atoms with E-state index in [0.29, 0.717) is 0 Å². The first-order valence-electron chi connectivity index (χ1n) is 6.91. The summed E-state index contributed by atoms with van der Waals surface area (Å²) in [4.78, 5) is 3.96. The van der Waals surface area contributed by atoms with Crippen molar-refractivity contribution in [3.63, 3.8) is 0 Å². The van der Waals surface area contributed by atoms with Gasteiger partial charge in [-0.05, 0) is 37.3 Å². The fourth-order valence-corrected chi connectivity index (χ4v) is 3.59. The average Bonchev–Trinajstić information content (AvgIpc) is 2.44. The first-order chi connectivity index (χ1) is 10.2. The summed E-state index contributed by atoms with van der Waals surface area (Å²) in [7, 11) is -2.53. The molecule has 1 atom stereocenters. The first kappa shape index (κ1) is 16.7. The Kier molecular flexibility index (Phi) is 4.44. The van der Waals surface area contributed by atoms with Crippen LogP contribution in [0.15, 0.2) is 54.7 Å². The van der Waals surface area contributed by atoms with E-state index in [-0.39, 0.29) is 11.3 Å². The smallest absolute Gasteiger partial charge is 0.396 e. The first-order valence-corrected chi connectivity index (χ1v) is 10.3. The predicted molar refractivity (Wildman–Crippen MR) is 81.9 cm³/mol. The fourth-order valence-electron chi connectivity index (χ4n) is 2.33. The largest absolute Gasteiger partial charge is 0.426 e. The quantitative estimate of drug-likeness (QED) is 0.758. The van der Waals surface area contributed by atoms with Crippen molar-refractivity contribution in [1.82, 2.24) is 4.98 Å². The number of aromatic nitrogens is 1. The van der Waals surface area contributed by atoms with E-state index >= 15 is 0 Å². The molecule has 1 unspecified atom stereocenters. The van der Waals surface area contributed by atoms with Crippen LogP contribution in [0.25, 0.3) is 0 Å². The predicted octanol–water partition coefficient (Wildman–Crippen LogP) is 4.74. The molecular weight excluding hydrogens is 307 g/mol. The molecule has 0 aliphatic rings. The number of rotatable bonds is 4. The van der Waals surface area contributed by atoms with E-state index in [9.17, 15) is 13.2 Å². The SMILES string of the molecule is C[Si](C)(C)OC(c1ccccc1)(c1ccccn1)C(F)(F)F. The molecule has 0 amide bonds. The number of hydrogen-bond acceptors (Lipinski definition) is 2. The summed E-state index contributed by atoms with van der Waals surface area (Å²) in [5, 5.41) is 0. The zero-order chi connectivity index (χ0) is 16.4. The molecule has 0 radical (unpaired) electrons. The highest BCUT2D eigenvalue weighted by Gasteiger charge is 2.61. The molecule has 1 aromatic carbocycles. The van der Waals surface area contributed by atoms with Gasteiger partial charge < -0.3 is 4.43 Å². The van der Waals surface area contributed by atoms with Crippen molar-refractivity contribution < 1.29 is 17.6 Å². The standard InChI is InChI=1S/C16H18F3NOSi/c1-22(2,3)21-15(16(17,18)19,13-9-5-4-6-10-13)14-11-7-8-12-20-14/h4-12H,1-3H3. The summed E-state index contributed by atoms with van der Waals surface area (Å²) >= 11 is 0. The minimum Gasteiger partial charge on any atom is -0.396 e. The molecular formula is C16H18F3NOSi. The molecule has 1 aromatic heterocycles. The van der Waals surface area contributed by atoms with Gasteiger partial charge >= 0.3 is 6.18 Å². The maximum Gasteiger partial charge on any atom is 0.426 e. The highest BCUT2D eigenvalue weighted by atomic mass is 28.4. The van der Waals surface area contributed by atoms with Gasteiger partial charge in [0.25, 0.3) is 0 Å². The Morgan fingerprint density at radius 1 is 0.909 bits per heavy atom. The number of benzene rings is 1. The molecule has 118 valence electrons. The van der Waals surface area contributed by atoms with Crippen LogP contribution in [-0.4, -0.2) is 19.5 Å². The van der Waals surface area contributed by atoms with Crippen LogP contribution in [0.3, 0.4) is 0 Å². The highest BCUT2D eigenvalue weighted by molar-refractivity contribution is 6.69. The van der Waals surface area contributed by atoms with Gasteiger partial charge in [-0.2, -0.15) is 13.2 Å². The monoisotopic (exact) mass is 325 g/mol. The van der Waals surface area contributed by atoms with Gasteiger partial charge in [0.1, 0.15) is 0 Å². The molecule has 1 heterocycles. The second kappa shape index (κ2) is 5.85. The lowest BCUT2D eigenvalue weighted by Crippen LogP contribution is -2.52. The van der Waals surface area contributed by atoms with Crippen molar-refractivity contribution >= 4 is 8.32 Å². The van der Waals surface area contributed by atoms with Crippen LogP contribution in [-0.2, 0) is 10.0 Å². The molecule has 0 fully saturated rings. The van der Waals surface area contributed by atoms with Gasteiger partial charge in [-0.3, -0.25) is 4.98 Å². The molecule has 0 saturated carbocycles. The third-order valence-corrected chi connectivity index (χ3v) is 3.98. The molecule has 2 rings (SSSR count). The van der Waals surface area contributed by atoms with E-state index in [1.165, 1.54) is 24.4 Å². The van der Waals surface area contributed by atoms with E-state index < -0.39 is 20.1 Å². The van der Waals surface area contributed by atoms with Crippen LogP contribution in [0.5, 0.6) is 0 Å². The Morgan fingerprint density at radius 2 is 1.50 bits per heavy atom. The van der Waals surface area contributed by atoms with E-state index in [4.69, 9.17) is 4.43 Å². The molecule has 2 aromatic rings. The van der Waals surface area contributed by atoms with Crippen molar-refractivity contribution in [2.24, 2.45) is 0 Å².